The number of nitrogens with one attached hydrogen (secondary N) is 1. The van der Waals surface area contributed by atoms with Crippen molar-refractivity contribution in [2.75, 3.05) is 19.7 Å². The largest absolute Gasteiger partial charge is 0.364 e. The summed E-state index contributed by atoms with van der Waals surface area (Å²) in [5.41, 5.74) is 1.76. The molecule has 2 amide bonds. The number of aromatic nitrogens is 2. The first-order valence-corrected chi connectivity index (χ1v) is 8.77. The Morgan fingerprint density at radius 1 is 1.35 bits per heavy atom. The van der Waals surface area contributed by atoms with Crippen molar-refractivity contribution >= 4 is 11.8 Å². The van der Waals surface area contributed by atoms with Crippen LogP contribution < -0.4 is 5.32 Å². The number of carbonyl (C=O) groups excluding carboxylic acids is 2. The van der Waals surface area contributed by atoms with E-state index in [9.17, 15) is 9.59 Å². The normalized spacial score (nSPS) is 25.5. The van der Waals surface area contributed by atoms with Crippen molar-refractivity contribution in [3.63, 3.8) is 0 Å². The van der Waals surface area contributed by atoms with Gasteiger partial charge in [0.15, 0.2) is 0 Å². The third-order valence-corrected chi connectivity index (χ3v) is 5.31. The molecule has 0 aliphatic carbocycles. The molecule has 1 aromatic heterocycles. The lowest BCUT2D eigenvalue weighted by Crippen LogP contribution is -2.67. The zero-order valence-corrected chi connectivity index (χ0v) is 14.9. The van der Waals surface area contributed by atoms with Gasteiger partial charge in [0.2, 0.25) is 5.91 Å². The molecule has 0 saturated carbocycles. The lowest BCUT2D eigenvalue weighted by Gasteiger charge is -2.50. The second-order valence-corrected chi connectivity index (χ2v) is 6.99. The number of rotatable bonds is 2. The molecule has 1 N–H and O–H groups in total. The molecule has 2 aliphatic heterocycles. The number of fused-ring (bicyclic) bond motifs is 1. The van der Waals surface area contributed by atoms with Gasteiger partial charge < -0.3 is 15.0 Å². The second kappa shape index (κ2) is 6.25. The second-order valence-electron chi connectivity index (χ2n) is 6.99. The number of hydrogen-bond acceptors (Lipinski definition) is 4. The molecular formula is C19H22N4O3. The van der Waals surface area contributed by atoms with E-state index < -0.39 is 5.54 Å². The van der Waals surface area contributed by atoms with E-state index in [-0.39, 0.29) is 24.5 Å². The summed E-state index contributed by atoms with van der Waals surface area (Å²) in [5.74, 6) is -0.161. The molecule has 136 valence electrons. The monoisotopic (exact) mass is 354 g/mol. The molecule has 4 rings (SSSR count). The summed E-state index contributed by atoms with van der Waals surface area (Å²) in [6.45, 7) is 2.83. The fourth-order valence-electron chi connectivity index (χ4n) is 4.02. The minimum atomic E-state index is -0.586. The zero-order chi connectivity index (χ0) is 18.3. The lowest BCUT2D eigenvalue weighted by molar-refractivity contribution is -0.150. The average molecular weight is 354 g/mol. The Kier molecular flexibility index (Phi) is 4.03. The van der Waals surface area contributed by atoms with Gasteiger partial charge in [-0.05, 0) is 18.9 Å². The smallest absolute Gasteiger partial charge is 0.257 e. The molecule has 0 radical (unpaired) electrons. The number of likely N-dealkylation sites (tertiary alicyclic amines) is 1. The highest BCUT2D eigenvalue weighted by molar-refractivity contribution is 5.95. The van der Waals surface area contributed by atoms with Crippen molar-refractivity contribution in [1.82, 2.24) is 20.0 Å². The number of nitrogens with zero attached hydrogens (tertiary/aromatic N) is 3. The Balaban J connectivity index is 1.62. The number of aryl methyl sites for hydroxylation is 2. The first-order chi connectivity index (χ1) is 12.5. The number of benzene rings is 1. The maximum atomic E-state index is 12.9. The maximum Gasteiger partial charge on any atom is 0.257 e. The van der Waals surface area contributed by atoms with Crippen LogP contribution in [0.15, 0.2) is 36.5 Å². The lowest BCUT2D eigenvalue weighted by atomic mass is 9.77. The summed E-state index contributed by atoms with van der Waals surface area (Å²) in [4.78, 5) is 26.8. The molecule has 0 bridgehead atoms. The van der Waals surface area contributed by atoms with Crippen molar-refractivity contribution < 1.29 is 14.3 Å². The first-order valence-electron chi connectivity index (χ1n) is 8.77. The number of morpholine rings is 1. The number of carbonyl (C=O) groups is 2. The molecule has 2 atom stereocenters. The van der Waals surface area contributed by atoms with Crippen molar-refractivity contribution in [2.24, 2.45) is 7.05 Å². The Bertz CT molecular complexity index is 848. The van der Waals surface area contributed by atoms with E-state index >= 15 is 0 Å². The Morgan fingerprint density at radius 3 is 2.81 bits per heavy atom. The number of piperidine rings is 1. The molecule has 2 aliphatic rings. The standard InChI is InChI=1S/C19H22N4O3/c1-13-15(10-22(2)21-13)18(25)23-9-8-19(14-6-4-3-5-7-14)16(11-23)26-12-17(24)20-19/h3-7,10,16H,8-9,11-12H2,1-2H3,(H,20,24)/t16-,19+/m1/s1. The summed E-state index contributed by atoms with van der Waals surface area (Å²) in [6, 6.07) is 9.87. The third kappa shape index (κ3) is 2.68. The minimum absolute atomic E-state index is 0.0210. The van der Waals surface area contributed by atoms with Gasteiger partial charge in [-0.1, -0.05) is 30.3 Å². The van der Waals surface area contributed by atoms with E-state index in [0.29, 0.717) is 25.1 Å². The van der Waals surface area contributed by atoms with E-state index in [4.69, 9.17) is 4.74 Å². The molecule has 3 heterocycles. The molecule has 26 heavy (non-hydrogen) atoms. The van der Waals surface area contributed by atoms with Crippen molar-refractivity contribution in [2.45, 2.75) is 25.0 Å². The van der Waals surface area contributed by atoms with Crippen LogP contribution in [0.3, 0.4) is 0 Å². The zero-order valence-electron chi connectivity index (χ0n) is 14.9. The fourth-order valence-corrected chi connectivity index (χ4v) is 4.02. The molecule has 2 saturated heterocycles. The first kappa shape index (κ1) is 16.8. The van der Waals surface area contributed by atoms with Crippen LogP contribution in [0.2, 0.25) is 0 Å². The minimum Gasteiger partial charge on any atom is -0.364 e. The number of hydrogen-bond donors (Lipinski definition) is 1. The highest BCUT2D eigenvalue weighted by Gasteiger charge is 2.50. The Hall–Kier alpha value is -2.67. The van der Waals surface area contributed by atoms with Crippen LogP contribution in [0, 0.1) is 6.92 Å². The van der Waals surface area contributed by atoms with Crippen molar-refractivity contribution in [3.8, 4) is 0 Å². The van der Waals surface area contributed by atoms with Gasteiger partial charge in [-0.15, -0.1) is 0 Å². The fraction of sp³-hybridized carbons (Fsp3) is 0.421. The molecule has 2 aromatic rings. The van der Waals surface area contributed by atoms with Gasteiger partial charge in [0.25, 0.3) is 5.91 Å². The van der Waals surface area contributed by atoms with Gasteiger partial charge in [-0.3, -0.25) is 14.3 Å². The van der Waals surface area contributed by atoms with Crippen LogP contribution in [0.25, 0.3) is 0 Å². The van der Waals surface area contributed by atoms with Crippen LogP contribution >= 0.6 is 0 Å². The molecule has 2 fully saturated rings. The van der Waals surface area contributed by atoms with Crippen LogP contribution in [-0.2, 0) is 22.1 Å². The molecule has 1 aromatic carbocycles. The van der Waals surface area contributed by atoms with E-state index in [0.717, 1.165) is 11.3 Å². The van der Waals surface area contributed by atoms with Crippen molar-refractivity contribution in [3.05, 3.63) is 53.3 Å². The molecule has 0 unspecified atom stereocenters. The third-order valence-electron chi connectivity index (χ3n) is 5.31. The van der Waals surface area contributed by atoms with Crippen LogP contribution in [-0.4, -0.2) is 52.3 Å². The summed E-state index contributed by atoms with van der Waals surface area (Å²) < 4.78 is 7.53. The summed E-state index contributed by atoms with van der Waals surface area (Å²) >= 11 is 0. The van der Waals surface area contributed by atoms with Gasteiger partial charge >= 0.3 is 0 Å². The van der Waals surface area contributed by atoms with Gasteiger partial charge in [0.1, 0.15) is 12.7 Å². The molecule has 7 heteroatoms. The molecular weight excluding hydrogens is 332 g/mol. The highest BCUT2D eigenvalue weighted by atomic mass is 16.5. The van der Waals surface area contributed by atoms with E-state index in [1.807, 2.05) is 37.3 Å². The van der Waals surface area contributed by atoms with Gasteiger partial charge in [-0.2, -0.15) is 5.10 Å². The maximum absolute atomic E-state index is 12.9. The quantitative estimate of drug-likeness (QED) is 0.872. The van der Waals surface area contributed by atoms with Gasteiger partial charge in [-0.25, -0.2) is 0 Å². The van der Waals surface area contributed by atoms with Gasteiger partial charge in [0.05, 0.1) is 16.8 Å². The topological polar surface area (TPSA) is 76.5 Å². The van der Waals surface area contributed by atoms with E-state index in [1.54, 1.807) is 22.8 Å². The summed E-state index contributed by atoms with van der Waals surface area (Å²) in [6.07, 6.45) is 2.08. The van der Waals surface area contributed by atoms with E-state index in [1.165, 1.54) is 0 Å². The Labute approximate surface area is 151 Å². The average Bonchev–Trinajstić information content (AvgIpc) is 2.99. The van der Waals surface area contributed by atoms with E-state index in [2.05, 4.69) is 10.4 Å². The predicted octanol–water partition coefficient (Wildman–Crippen LogP) is 0.985. The molecule has 0 spiro atoms. The van der Waals surface area contributed by atoms with Crippen molar-refractivity contribution in [1.29, 1.82) is 0 Å². The SMILES string of the molecule is Cc1nn(C)cc1C(=O)N1CC[C@@]2(c3ccccc3)NC(=O)CO[C@@H]2C1. The Morgan fingerprint density at radius 2 is 2.12 bits per heavy atom. The summed E-state index contributed by atoms with van der Waals surface area (Å²) in [7, 11) is 1.81. The van der Waals surface area contributed by atoms with Crippen LogP contribution in [0.5, 0.6) is 0 Å². The predicted molar refractivity (Wildman–Crippen MR) is 94.5 cm³/mol. The molecule has 7 nitrogen and oxygen atoms in total. The number of amides is 2. The van der Waals surface area contributed by atoms with Gasteiger partial charge in [0, 0.05) is 26.3 Å². The number of ether oxygens (including phenoxy) is 1. The summed E-state index contributed by atoms with van der Waals surface area (Å²) in [5, 5.41) is 7.41. The van der Waals surface area contributed by atoms with Crippen LogP contribution in [0.4, 0.5) is 0 Å². The van der Waals surface area contributed by atoms with Crippen LogP contribution in [0.1, 0.15) is 28.0 Å². The highest BCUT2D eigenvalue weighted by Crippen LogP contribution is 2.37.